The first-order valence-electron chi connectivity index (χ1n) is 6.81. The van der Waals surface area contributed by atoms with E-state index in [0.29, 0.717) is 0 Å². The lowest BCUT2D eigenvalue weighted by Gasteiger charge is -2.17. The van der Waals surface area contributed by atoms with Gasteiger partial charge in [0.25, 0.3) is 0 Å². The number of aromatic amines is 1. The van der Waals surface area contributed by atoms with Gasteiger partial charge >= 0.3 is 11.5 Å². The third-order valence-electron chi connectivity index (χ3n) is 2.82. The monoisotopic (exact) mass is 305 g/mol. The molecule has 0 saturated carbocycles. The fraction of sp³-hybridized carbons (Fsp3) is 0.400. The van der Waals surface area contributed by atoms with Crippen molar-refractivity contribution in [1.82, 2.24) is 15.0 Å². The summed E-state index contributed by atoms with van der Waals surface area (Å²) in [5.41, 5.74) is -0.556. The van der Waals surface area contributed by atoms with Crippen LogP contribution in [0.2, 0.25) is 0 Å². The van der Waals surface area contributed by atoms with Crippen LogP contribution in [0.4, 0.5) is 0 Å². The Morgan fingerprint density at radius 3 is 2.45 bits per heavy atom. The maximum atomic E-state index is 12.2. The molecule has 0 aliphatic heterocycles. The van der Waals surface area contributed by atoms with E-state index in [9.17, 15) is 9.59 Å². The van der Waals surface area contributed by atoms with Crippen LogP contribution in [0.1, 0.15) is 36.8 Å². The Morgan fingerprint density at radius 1 is 1.27 bits per heavy atom. The average Bonchev–Trinajstić information content (AvgIpc) is 2.79. The van der Waals surface area contributed by atoms with E-state index in [4.69, 9.17) is 9.47 Å². The zero-order valence-corrected chi connectivity index (χ0v) is 13.0. The molecule has 22 heavy (non-hydrogen) atoms. The molecule has 1 N–H and O–H groups in total. The van der Waals surface area contributed by atoms with E-state index in [1.54, 1.807) is 40.0 Å². The highest BCUT2D eigenvalue weighted by Crippen LogP contribution is 2.12. The van der Waals surface area contributed by atoms with Gasteiger partial charge in [0.05, 0.1) is 13.7 Å². The minimum Gasteiger partial charge on any atom is -0.497 e. The first-order chi connectivity index (χ1) is 10.3. The molecule has 118 valence electrons. The minimum atomic E-state index is -0.734. The van der Waals surface area contributed by atoms with Gasteiger partial charge in [0.2, 0.25) is 5.69 Å². The van der Waals surface area contributed by atoms with Crippen LogP contribution in [-0.4, -0.2) is 33.7 Å². The van der Waals surface area contributed by atoms with Crippen molar-refractivity contribution in [3.63, 3.8) is 0 Å². The Morgan fingerprint density at radius 2 is 1.91 bits per heavy atom. The molecule has 7 heteroatoms. The fourth-order valence-corrected chi connectivity index (χ4v) is 1.81. The summed E-state index contributed by atoms with van der Waals surface area (Å²) in [6.07, 6.45) is 0. The number of methoxy groups -OCH3 is 1. The molecule has 2 rings (SSSR count). The summed E-state index contributed by atoms with van der Waals surface area (Å²) in [7, 11) is 1.58. The van der Waals surface area contributed by atoms with E-state index in [2.05, 4.69) is 10.3 Å². The SMILES string of the molecule is COc1ccc(Cn2[nH]nc(C(=O)OC(C)(C)C)c2=O)cc1. The average molecular weight is 305 g/mol. The Bertz CT molecular complexity index is 708. The summed E-state index contributed by atoms with van der Waals surface area (Å²) in [4.78, 5) is 24.1. The lowest BCUT2D eigenvalue weighted by molar-refractivity contribution is 0.00612. The highest BCUT2D eigenvalue weighted by atomic mass is 16.6. The largest absolute Gasteiger partial charge is 0.497 e. The smallest absolute Gasteiger partial charge is 0.365 e. The van der Waals surface area contributed by atoms with Crippen LogP contribution in [-0.2, 0) is 11.3 Å². The van der Waals surface area contributed by atoms with Gasteiger partial charge in [-0.25, -0.2) is 14.7 Å². The van der Waals surface area contributed by atoms with E-state index in [-0.39, 0.29) is 12.2 Å². The minimum absolute atomic E-state index is 0.247. The van der Waals surface area contributed by atoms with Crippen LogP contribution in [0, 0.1) is 0 Å². The van der Waals surface area contributed by atoms with E-state index >= 15 is 0 Å². The summed E-state index contributed by atoms with van der Waals surface area (Å²) < 4.78 is 11.5. The summed E-state index contributed by atoms with van der Waals surface area (Å²) in [6.45, 7) is 5.47. The van der Waals surface area contributed by atoms with Gasteiger partial charge in [0, 0.05) is 0 Å². The number of aromatic nitrogens is 3. The second-order valence-corrected chi connectivity index (χ2v) is 5.80. The molecule has 0 spiro atoms. The lowest BCUT2D eigenvalue weighted by atomic mass is 10.2. The number of carbonyl (C=O) groups is 1. The zero-order valence-electron chi connectivity index (χ0n) is 13.0. The van der Waals surface area contributed by atoms with Crippen LogP contribution >= 0.6 is 0 Å². The molecule has 0 aliphatic rings. The van der Waals surface area contributed by atoms with Crippen LogP contribution < -0.4 is 10.3 Å². The van der Waals surface area contributed by atoms with Crippen molar-refractivity contribution in [2.24, 2.45) is 0 Å². The number of nitrogens with zero attached hydrogens (tertiary/aromatic N) is 2. The van der Waals surface area contributed by atoms with Gasteiger partial charge in [-0.15, -0.1) is 5.10 Å². The second kappa shape index (κ2) is 6.05. The number of H-pyrrole nitrogens is 1. The molecule has 0 atom stereocenters. The van der Waals surface area contributed by atoms with Gasteiger partial charge in [-0.2, -0.15) is 0 Å². The number of hydrogen-bond donors (Lipinski definition) is 1. The summed E-state index contributed by atoms with van der Waals surface area (Å²) in [5.74, 6) is -0.00242. The number of esters is 1. The number of nitrogens with one attached hydrogen (secondary N) is 1. The molecule has 0 bridgehead atoms. The van der Waals surface area contributed by atoms with Gasteiger partial charge in [-0.05, 0) is 38.5 Å². The van der Waals surface area contributed by atoms with E-state index in [1.165, 1.54) is 4.68 Å². The normalized spacial score (nSPS) is 11.3. The molecule has 1 aromatic carbocycles. The van der Waals surface area contributed by atoms with Gasteiger partial charge in [-0.1, -0.05) is 12.1 Å². The Kier molecular flexibility index (Phi) is 4.35. The first kappa shape index (κ1) is 15.8. The lowest BCUT2D eigenvalue weighted by Crippen LogP contribution is -2.29. The van der Waals surface area contributed by atoms with E-state index < -0.39 is 17.1 Å². The summed E-state index contributed by atoms with van der Waals surface area (Å²) in [6, 6.07) is 7.26. The summed E-state index contributed by atoms with van der Waals surface area (Å²) >= 11 is 0. The Labute approximate surface area is 127 Å². The molecule has 0 unspecified atom stereocenters. The number of carbonyl (C=O) groups excluding carboxylic acids is 1. The predicted octanol–water partition coefficient (Wildman–Crippen LogP) is 1.58. The number of ether oxygens (including phenoxy) is 2. The Balaban J connectivity index is 2.17. The summed E-state index contributed by atoms with van der Waals surface area (Å²) in [5, 5.41) is 6.30. The molecular formula is C15H19N3O4. The first-order valence-corrected chi connectivity index (χ1v) is 6.81. The molecule has 0 saturated heterocycles. The van der Waals surface area contributed by atoms with Crippen LogP contribution in [0.25, 0.3) is 0 Å². The van der Waals surface area contributed by atoms with E-state index in [0.717, 1.165) is 11.3 Å². The molecule has 0 fully saturated rings. The quantitative estimate of drug-likeness (QED) is 0.867. The molecule has 7 nitrogen and oxygen atoms in total. The van der Waals surface area contributed by atoms with Gasteiger partial charge in [-0.3, -0.25) is 4.79 Å². The third kappa shape index (κ3) is 3.75. The molecule has 0 radical (unpaired) electrons. The van der Waals surface area contributed by atoms with Crippen LogP contribution in [0.15, 0.2) is 29.1 Å². The zero-order chi connectivity index (χ0) is 16.3. The van der Waals surface area contributed by atoms with Crippen molar-refractivity contribution in [1.29, 1.82) is 0 Å². The fourth-order valence-electron chi connectivity index (χ4n) is 1.81. The maximum absolute atomic E-state index is 12.2. The van der Waals surface area contributed by atoms with Crippen molar-refractivity contribution in [3.05, 3.63) is 45.9 Å². The van der Waals surface area contributed by atoms with Gasteiger partial charge < -0.3 is 9.47 Å². The molecule has 0 aliphatic carbocycles. The van der Waals surface area contributed by atoms with Crippen molar-refractivity contribution >= 4 is 5.97 Å². The van der Waals surface area contributed by atoms with Crippen molar-refractivity contribution in [3.8, 4) is 5.75 Å². The van der Waals surface area contributed by atoms with Gasteiger partial charge in [0.15, 0.2) is 0 Å². The number of hydrogen-bond acceptors (Lipinski definition) is 5. The molecule has 2 aromatic rings. The van der Waals surface area contributed by atoms with E-state index in [1.807, 2.05) is 12.1 Å². The molecule has 0 amide bonds. The standard InChI is InChI=1S/C15H19N3O4/c1-15(2,3)22-14(20)12-13(19)18(17-16-12)9-10-5-7-11(21-4)8-6-10/h5-8,17H,9H2,1-4H3. The number of benzene rings is 1. The maximum Gasteiger partial charge on any atom is 0.365 e. The van der Waals surface area contributed by atoms with Gasteiger partial charge in [0.1, 0.15) is 11.4 Å². The topological polar surface area (TPSA) is 86.2 Å². The highest BCUT2D eigenvalue weighted by Gasteiger charge is 2.23. The van der Waals surface area contributed by atoms with Crippen LogP contribution in [0.5, 0.6) is 5.75 Å². The van der Waals surface area contributed by atoms with Crippen molar-refractivity contribution < 1.29 is 14.3 Å². The number of rotatable bonds is 4. The predicted molar refractivity (Wildman–Crippen MR) is 80.1 cm³/mol. The van der Waals surface area contributed by atoms with Crippen LogP contribution in [0.3, 0.4) is 0 Å². The second-order valence-electron chi connectivity index (χ2n) is 5.80. The van der Waals surface area contributed by atoms with Crippen molar-refractivity contribution in [2.45, 2.75) is 32.9 Å². The third-order valence-corrected chi connectivity index (χ3v) is 2.82. The molecule has 1 heterocycles. The highest BCUT2D eigenvalue weighted by molar-refractivity contribution is 5.86. The van der Waals surface area contributed by atoms with Crippen molar-refractivity contribution in [2.75, 3.05) is 7.11 Å². The molecule has 1 aromatic heterocycles. The Hall–Kier alpha value is -2.57. The molecular weight excluding hydrogens is 286 g/mol.